The third-order valence-electron chi connectivity index (χ3n) is 3.61. The summed E-state index contributed by atoms with van der Waals surface area (Å²) >= 11 is 1.63. The van der Waals surface area contributed by atoms with Gasteiger partial charge in [0.05, 0.1) is 23.3 Å². The zero-order valence-corrected chi connectivity index (χ0v) is 13.6. The zero-order chi connectivity index (χ0) is 14.5. The lowest BCUT2D eigenvalue weighted by Crippen LogP contribution is -2.39. The topological polar surface area (TPSA) is 45.6 Å². The summed E-state index contributed by atoms with van der Waals surface area (Å²) in [4.78, 5) is 8.07. The van der Waals surface area contributed by atoms with E-state index in [9.17, 15) is 5.11 Å². The molecule has 0 saturated carbocycles. The van der Waals surface area contributed by atoms with Crippen LogP contribution in [-0.2, 0) is 11.3 Å². The Kier molecular flexibility index (Phi) is 5.81. The maximum Gasteiger partial charge on any atom is 0.185 e. The molecule has 5 heteroatoms. The van der Waals surface area contributed by atoms with Gasteiger partial charge >= 0.3 is 0 Å². The van der Waals surface area contributed by atoms with Crippen LogP contribution in [0.2, 0.25) is 0 Å². The quantitative estimate of drug-likeness (QED) is 0.876. The van der Waals surface area contributed by atoms with E-state index in [-0.39, 0.29) is 6.61 Å². The van der Waals surface area contributed by atoms with E-state index in [4.69, 9.17) is 9.72 Å². The minimum Gasteiger partial charge on any atom is -0.391 e. The molecule has 0 spiro atoms. The molecule has 114 valence electrons. The largest absolute Gasteiger partial charge is 0.391 e. The molecular weight excluding hydrogens is 272 g/mol. The van der Waals surface area contributed by atoms with Crippen LogP contribution in [0.5, 0.6) is 0 Å². The van der Waals surface area contributed by atoms with Gasteiger partial charge in [-0.05, 0) is 25.2 Å². The van der Waals surface area contributed by atoms with Gasteiger partial charge in [0.15, 0.2) is 5.13 Å². The number of ether oxygens (including phenoxy) is 1. The monoisotopic (exact) mass is 298 g/mol. The first-order valence-corrected chi connectivity index (χ1v) is 8.44. The number of nitrogens with zero attached hydrogens (tertiary/aromatic N) is 2. The second-order valence-corrected chi connectivity index (χ2v) is 6.76. The molecule has 1 fully saturated rings. The van der Waals surface area contributed by atoms with E-state index in [1.54, 1.807) is 11.3 Å². The second kappa shape index (κ2) is 7.38. The fraction of sp³-hybridized carbons (Fsp3) is 0.800. The van der Waals surface area contributed by atoms with Crippen LogP contribution in [0.15, 0.2) is 0 Å². The number of hydrogen-bond donors (Lipinski definition) is 1. The molecule has 0 radical (unpaired) electrons. The minimum absolute atomic E-state index is 0.0920. The number of aliphatic hydroxyl groups excluding tert-OH is 1. The number of thiazole rings is 1. The van der Waals surface area contributed by atoms with Crippen molar-refractivity contribution in [2.24, 2.45) is 0 Å². The predicted octanol–water partition coefficient (Wildman–Crippen LogP) is 3.15. The maximum absolute atomic E-state index is 9.47. The van der Waals surface area contributed by atoms with Crippen molar-refractivity contribution in [1.82, 2.24) is 4.98 Å². The van der Waals surface area contributed by atoms with E-state index in [1.165, 1.54) is 0 Å². The molecule has 1 aliphatic rings. The highest BCUT2D eigenvalue weighted by molar-refractivity contribution is 7.15. The van der Waals surface area contributed by atoms with Crippen molar-refractivity contribution in [1.29, 1.82) is 0 Å². The zero-order valence-electron chi connectivity index (χ0n) is 12.8. The van der Waals surface area contributed by atoms with Crippen molar-refractivity contribution in [3.63, 3.8) is 0 Å². The molecule has 1 N–H and O–H groups in total. The average Bonchev–Trinajstić information content (AvgIpc) is 2.90. The first-order valence-electron chi connectivity index (χ1n) is 7.62. The van der Waals surface area contributed by atoms with Crippen molar-refractivity contribution in [2.45, 2.75) is 58.7 Å². The lowest BCUT2D eigenvalue weighted by molar-refractivity contribution is 0.0440. The van der Waals surface area contributed by atoms with E-state index in [2.05, 4.69) is 25.7 Å². The Morgan fingerprint density at radius 2 is 2.30 bits per heavy atom. The summed E-state index contributed by atoms with van der Waals surface area (Å²) in [6.45, 7) is 9.30. The van der Waals surface area contributed by atoms with Crippen LogP contribution in [-0.4, -0.2) is 35.9 Å². The standard InChI is InChI=1S/C15H26N2O2S/c1-4-8-19-12-6-5-7-17(9-12)15-16-14(11(2)3)13(10-18)20-15/h11-12,18H,4-10H2,1-3H3. The van der Waals surface area contributed by atoms with E-state index in [0.717, 1.165) is 54.7 Å². The summed E-state index contributed by atoms with van der Waals surface area (Å²) in [7, 11) is 0. The molecular formula is C15H26N2O2S. The smallest absolute Gasteiger partial charge is 0.185 e. The van der Waals surface area contributed by atoms with Gasteiger partial charge in [0, 0.05) is 19.7 Å². The van der Waals surface area contributed by atoms with Crippen molar-refractivity contribution in [2.75, 3.05) is 24.6 Å². The predicted molar refractivity (Wildman–Crippen MR) is 83.6 cm³/mol. The highest BCUT2D eigenvalue weighted by Crippen LogP contribution is 2.32. The lowest BCUT2D eigenvalue weighted by Gasteiger charge is -2.32. The molecule has 20 heavy (non-hydrogen) atoms. The van der Waals surface area contributed by atoms with Gasteiger partial charge in [0.1, 0.15) is 0 Å². The number of rotatable bonds is 6. The number of aromatic nitrogens is 1. The van der Waals surface area contributed by atoms with E-state index in [1.807, 2.05) is 0 Å². The van der Waals surface area contributed by atoms with Gasteiger partial charge in [-0.3, -0.25) is 0 Å². The summed E-state index contributed by atoms with van der Waals surface area (Å²) in [5, 5.41) is 10.5. The molecule has 1 aromatic rings. The molecule has 0 bridgehead atoms. The Bertz CT molecular complexity index is 420. The molecule has 1 unspecified atom stereocenters. The Hall–Kier alpha value is -0.650. The SMILES string of the molecule is CCCOC1CCCN(c2nc(C(C)C)c(CO)s2)C1. The van der Waals surface area contributed by atoms with Gasteiger partial charge in [-0.2, -0.15) is 0 Å². The molecule has 1 aliphatic heterocycles. The van der Waals surface area contributed by atoms with E-state index >= 15 is 0 Å². The summed E-state index contributed by atoms with van der Waals surface area (Å²) < 4.78 is 5.88. The highest BCUT2D eigenvalue weighted by atomic mass is 32.1. The normalized spacial score (nSPS) is 19.9. The average molecular weight is 298 g/mol. The van der Waals surface area contributed by atoms with Gasteiger partial charge in [-0.25, -0.2) is 4.98 Å². The fourth-order valence-electron chi connectivity index (χ4n) is 2.58. The van der Waals surface area contributed by atoms with Crippen molar-refractivity contribution < 1.29 is 9.84 Å². The van der Waals surface area contributed by atoms with Crippen molar-refractivity contribution in [3.05, 3.63) is 10.6 Å². The summed E-state index contributed by atoms with van der Waals surface area (Å²) in [6.07, 6.45) is 3.69. The summed E-state index contributed by atoms with van der Waals surface area (Å²) in [6, 6.07) is 0. The molecule has 0 amide bonds. The lowest BCUT2D eigenvalue weighted by atomic mass is 10.1. The van der Waals surface area contributed by atoms with Gasteiger partial charge in [-0.15, -0.1) is 0 Å². The van der Waals surface area contributed by atoms with Crippen LogP contribution >= 0.6 is 11.3 Å². The maximum atomic E-state index is 9.47. The van der Waals surface area contributed by atoms with Crippen molar-refractivity contribution in [3.8, 4) is 0 Å². The van der Waals surface area contributed by atoms with Crippen LogP contribution in [0.1, 0.15) is 56.5 Å². The molecule has 0 aromatic carbocycles. The highest BCUT2D eigenvalue weighted by Gasteiger charge is 2.24. The Labute approximate surface area is 125 Å². The minimum atomic E-state index is 0.0920. The summed E-state index contributed by atoms with van der Waals surface area (Å²) in [5.41, 5.74) is 1.05. The summed E-state index contributed by atoms with van der Waals surface area (Å²) in [5.74, 6) is 0.360. The first-order chi connectivity index (χ1) is 9.65. The van der Waals surface area contributed by atoms with Crippen LogP contribution in [0.25, 0.3) is 0 Å². The number of aliphatic hydroxyl groups is 1. The number of piperidine rings is 1. The molecule has 1 atom stereocenters. The Morgan fingerprint density at radius 3 is 2.90 bits per heavy atom. The Balaban J connectivity index is 2.06. The molecule has 2 rings (SSSR count). The van der Waals surface area contributed by atoms with E-state index in [0.29, 0.717) is 12.0 Å². The third kappa shape index (κ3) is 3.71. The van der Waals surface area contributed by atoms with Crippen LogP contribution in [0, 0.1) is 0 Å². The second-order valence-electron chi connectivity index (χ2n) is 5.70. The fourth-order valence-corrected chi connectivity index (χ4v) is 3.69. The van der Waals surface area contributed by atoms with Crippen LogP contribution in [0.3, 0.4) is 0 Å². The van der Waals surface area contributed by atoms with Crippen LogP contribution in [0.4, 0.5) is 5.13 Å². The van der Waals surface area contributed by atoms with E-state index < -0.39 is 0 Å². The molecule has 2 heterocycles. The Morgan fingerprint density at radius 1 is 1.50 bits per heavy atom. The molecule has 1 aromatic heterocycles. The number of hydrogen-bond acceptors (Lipinski definition) is 5. The van der Waals surface area contributed by atoms with Gasteiger partial charge < -0.3 is 14.7 Å². The molecule has 1 saturated heterocycles. The van der Waals surface area contributed by atoms with Gasteiger partial charge in [0.2, 0.25) is 0 Å². The third-order valence-corrected chi connectivity index (χ3v) is 4.73. The molecule has 4 nitrogen and oxygen atoms in total. The number of anilines is 1. The van der Waals surface area contributed by atoms with Crippen molar-refractivity contribution >= 4 is 16.5 Å². The molecule has 0 aliphatic carbocycles. The van der Waals surface area contributed by atoms with Crippen LogP contribution < -0.4 is 4.90 Å². The van der Waals surface area contributed by atoms with Gasteiger partial charge in [0.25, 0.3) is 0 Å². The first kappa shape index (κ1) is 15.7. The van der Waals surface area contributed by atoms with Gasteiger partial charge in [-0.1, -0.05) is 32.1 Å².